The van der Waals surface area contributed by atoms with Crippen LogP contribution in [0.25, 0.3) is 0 Å². The number of benzene rings is 1. The summed E-state index contributed by atoms with van der Waals surface area (Å²) in [4.78, 5) is 11.9. The minimum atomic E-state index is -0.785. The summed E-state index contributed by atoms with van der Waals surface area (Å²) in [5.41, 5.74) is -0.163. The fourth-order valence-corrected chi connectivity index (χ4v) is 2.49. The molecule has 0 aromatic heterocycles. The van der Waals surface area contributed by atoms with Gasteiger partial charge in [0.05, 0.1) is 5.56 Å². The SMILES string of the molecule is O=C(NCC1(O)CNC1)c1cc(Br)ccc1I. The van der Waals surface area contributed by atoms with Crippen LogP contribution in [0.15, 0.2) is 22.7 Å². The first-order valence-electron chi connectivity index (χ1n) is 5.17. The summed E-state index contributed by atoms with van der Waals surface area (Å²) >= 11 is 5.46. The lowest BCUT2D eigenvalue weighted by Crippen LogP contribution is -2.64. The average molecular weight is 411 g/mol. The molecule has 0 spiro atoms. The Morgan fingerprint density at radius 2 is 2.29 bits per heavy atom. The number of rotatable bonds is 3. The number of amides is 1. The highest BCUT2D eigenvalue weighted by atomic mass is 127. The van der Waals surface area contributed by atoms with Crippen molar-refractivity contribution >= 4 is 44.4 Å². The van der Waals surface area contributed by atoms with E-state index in [9.17, 15) is 9.90 Å². The predicted octanol–water partition coefficient (Wildman–Crippen LogP) is 1.12. The zero-order valence-electron chi connectivity index (χ0n) is 8.96. The van der Waals surface area contributed by atoms with Crippen molar-refractivity contribution in [2.75, 3.05) is 19.6 Å². The number of aliphatic hydroxyl groups is 1. The van der Waals surface area contributed by atoms with Gasteiger partial charge in [0.2, 0.25) is 0 Å². The van der Waals surface area contributed by atoms with Gasteiger partial charge in [-0.2, -0.15) is 0 Å². The van der Waals surface area contributed by atoms with Crippen molar-refractivity contribution in [1.29, 1.82) is 0 Å². The Hall–Kier alpha value is -0.180. The molecule has 4 nitrogen and oxygen atoms in total. The second kappa shape index (κ2) is 5.21. The monoisotopic (exact) mass is 410 g/mol. The van der Waals surface area contributed by atoms with Gasteiger partial charge in [-0.1, -0.05) is 15.9 Å². The van der Waals surface area contributed by atoms with Crippen molar-refractivity contribution in [3.63, 3.8) is 0 Å². The summed E-state index contributed by atoms with van der Waals surface area (Å²) in [6, 6.07) is 5.54. The Morgan fingerprint density at radius 1 is 1.59 bits per heavy atom. The minimum Gasteiger partial charge on any atom is -0.385 e. The zero-order valence-corrected chi connectivity index (χ0v) is 12.7. The van der Waals surface area contributed by atoms with Crippen LogP contribution in [0.4, 0.5) is 0 Å². The summed E-state index contributed by atoms with van der Waals surface area (Å²) in [5.74, 6) is -0.156. The molecule has 1 aromatic carbocycles. The molecule has 6 heteroatoms. The van der Waals surface area contributed by atoms with E-state index in [1.807, 2.05) is 12.1 Å². The van der Waals surface area contributed by atoms with Crippen LogP contribution in [0, 0.1) is 3.57 Å². The van der Waals surface area contributed by atoms with Gasteiger partial charge in [-0.15, -0.1) is 0 Å². The molecule has 1 saturated heterocycles. The second-order valence-electron chi connectivity index (χ2n) is 4.13. The van der Waals surface area contributed by atoms with Crippen molar-refractivity contribution in [2.45, 2.75) is 5.60 Å². The molecule has 0 radical (unpaired) electrons. The van der Waals surface area contributed by atoms with E-state index in [1.165, 1.54) is 0 Å². The molecule has 0 unspecified atom stereocenters. The molecular formula is C11H12BrIN2O2. The van der Waals surface area contributed by atoms with Crippen molar-refractivity contribution < 1.29 is 9.90 Å². The van der Waals surface area contributed by atoms with E-state index in [1.54, 1.807) is 6.07 Å². The van der Waals surface area contributed by atoms with E-state index in [4.69, 9.17) is 0 Å². The smallest absolute Gasteiger partial charge is 0.252 e. The Labute approximate surface area is 121 Å². The molecule has 1 heterocycles. The number of hydrogen-bond acceptors (Lipinski definition) is 3. The van der Waals surface area contributed by atoms with E-state index < -0.39 is 5.60 Å². The number of carbonyl (C=O) groups excluding carboxylic acids is 1. The van der Waals surface area contributed by atoms with Gasteiger partial charge in [0.25, 0.3) is 5.91 Å². The number of carbonyl (C=O) groups is 1. The highest BCUT2D eigenvalue weighted by Gasteiger charge is 2.34. The molecule has 17 heavy (non-hydrogen) atoms. The van der Waals surface area contributed by atoms with Crippen LogP contribution < -0.4 is 10.6 Å². The summed E-state index contributed by atoms with van der Waals surface area (Å²) < 4.78 is 1.76. The molecule has 3 N–H and O–H groups in total. The van der Waals surface area contributed by atoms with Gasteiger partial charge < -0.3 is 15.7 Å². The molecule has 0 saturated carbocycles. The lowest BCUT2D eigenvalue weighted by atomic mass is 9.97. The molecule has 92 valence electrons. The molecule has 0 bridgehead atoms. The summed E-state index contributed by atoms with van der Waals surface area (Å²) in [5, 5.41) is 15.6. The molecule has 1 aliphatic rings. The second-order valence-corrected chi connectivity index (χ2v) is 6.21. The van der Waals surface area contributed by atoms with Crippen LogP contribution in [-0.2, 0) is 0 Å². The Bertz CT molecular complexity index is 449. The molecule has 1 amide bonds. The number of nitrogens with one attached hydrogen (secondary N) is 2. The molecule has 1 aromatic rings. The van der Waals surface area contributed by atoms with E-state index in [0.717, 1.165) is 8.04 Å². The fraction of sp³-hybridized carbons (Fsp3) is 0.364. The largest absolute Gasteiger partial charge is 0.385 e. The molecule has 0 aliphatic carbocycles. The van der Waals surface area contributed by atoms with Crippen LogP contribution in [0.5, 0.6) is 0 Å². The Balaban J connectivity index is 2.01. The molecule has 1 aliphatic heterocycles. The minimum absolute atomic E-state index is 0.156. The lowest BCUT2D eigenvalue weighted by Gasteiger charge is -2.37. The normalized spacial score (nSPS) is 17.4. The fourth-order valence-electron chi connectivity index (χ4n) is 1.55. The highest BCUT2D eigenvalue weighted by Crippen LogP contribution is 2.18. The van der Waals surface area contributed by atoms with E-state index >= 15 is 0 Å². The van der Waals surface area contributed by atoms with Gasteiger partial charge in [-0.05, 0) is 40.8 Å². The summed E-state index contributed by atoms with van der Waals surface area (Å²) in [7, 11) is 0. The average Bonchev–Trinajstić information content (AvgIpc) is 2.26. The first-order valence-corrected chi connectivity index (χ1v) is 7.04. The lowest BCUT2D eigenvalue weighted by molar-refractivity contribution is -0.00760. The standard InChI is InChI=1S/C11H12BrIN2O2/c12-7-1-2-9(13)8(3-7)10(16)15-6-11(17)4-14-5-11/h1-3,14,17H,4-6H2,(H,15,16). The number of β-amino-alcohol motifs (C(OH)–C–C–N with tert-alkyl or cyclic N) is 1. The van der Waals surface area contributed by atoms with Gasteiger partial charge in [-0.25, -0.2) is 0 Å². The maximum Gasteiger partial charge on any atom is 0.252 e. The van der Waals surface area contributed by atoms with Crippen molar-refractivity contribution in [3.05, 3.63) is 31.8 Å². The maximum absolute atomic E-state index is 11.9. The van der Waals surface area contributed by atoms with Crippen molar-refractivity contribution in [3.8, 4) is 0 Å². The third-order valence-corrected chi connectivity index (χ3v) is 4.09. The van der Waals surface area contributed by atoms with E-state index in [2.05, 4.69) is 49.2 Å². The Kier molecular flexibility index (Phi) is 4.06. The van der Waals surface area contributed by atoms with Crippen molar-refractivity contribution in [1.82, 2.24) is 10.6 Å². The van der Waals surface area contributed by atoms with Crippen LogP contribution in [0.3, 0.4) is 0 Å². The third-order valence-electron chi connectivity index (χ3n) is 2.66. The molecule has 2 rings (SSSR count). The first-order chi connectivity index (χ1) is 8.00. The first kappa shape index (κ1) is 13.3. The van der Waals surface area contributed by atoms with Crippen LogP contribution >= 0.6 is 38.5 Å². The van der Waals surface area contributed by atoms with Gasteiger partial charge in [-0.3, -0.25) is 4.79 Å². The molecule has 0 atom stereocenters. The Morgan fingerprint density at radius 3 is 2.88 bits per heavy atom. The maximum atomic E-state index is 11.9. The molecule has 1 fully saturated rings. The van der Waals surface area contributed by atoms with Gasteiger partial charge in [0, 0.05) is 27.7 Å². The van der Waals surface area contributed by atoms with Gasteiger partial charge >= 0.3 is 0 Å². The number of hydrogen-bond donors (Lipinski definition) is 3. The van der Waals surface area contributed by atoms with Crippen molar-refractivity contribution in [2.24, 2.45) is 0 Å². The topological polar surface area (TPSA) is 61.4 Å². The summed E-state index contributed by atoms with van der Waals surface area (Å²) in [6.45, 7) is 1.34. The zero-order chi connectivity index (χ0) is 12.5. The summed E-state index contributed by atoms with van der Waals surface area (Å²) in [6.07, 6.45) is 0. The third kappa shape index (κ3) is 3.18. The van der Waals surface area contributed by atoms with Crippen LogP contribution in [0.2, 0.25) is 0 Å². The van der Waals surface area contributed by atoms with E-state index in [0.29, 0.717) is 18.7 Å². The predicted molar refractivity (Wildman–Crippen MR) is 77.0 cm³/mol. The van der Waals surface area contributed by atoms with E-state index in [-0.39, 0.29) is 12.5 Å². The van der Waals surface area contributed by atoms with Crippen LogP contribution in [-0.4, -0.2) is 36.2 Å². The quantitative estimate of drug-likeness (QED) is 0.654. The van der Waals surface area contributed by atoms with Crippen LogP contribution in [0.1, 0.15) is 10.4 Å². The highest BCUT2D eigenvalue weighted by molar-refractivity contribution is 14.1. The number of halogens is 2. The molecular weight excluding hydrogens is 399 g/mol. The van der Waals surface area contributed by atoms with Gasteiger partial charge in [0.1, 0.15) is 5.60 Å². The van der Waals surface area contributed by atoms with Gasteiger partial charge in [0.15, 0.2) is 0 Å².